The van der Waals surface area contributed by atoms with E-state index >= 15 is 0 Å². The van der Waals surface area contributed by atoms with E-state index in [1.54, 1.807) is 12.3 Å². The molecule has 2 nitrogen and oxygen atoms in total. The van der Waals surface area contributed by atoms with Crippen molar-refractivity contribution in [3.8, 4) is 0 Å². The molecule has 0 saturated heterocycles. The van der Waals surface area contributed by atoms with Crippen molar-refractivity contribution in [2.45, 2.75) is 0 Å². The molecule has 0 unspecified atom stereocenters. The lowest BCUT2D eigenvalue weighted by Gasteiger charge is -1.91. The van der Waals surface area contributed by atoms with Gasteiger partial charge >= 0.3 is 0 Å². The molecular formula is C9H9IN2. The van der Waals surface area contributed by atoms with Crippen LogP contribution in [0.15, 0.2) is 41.5 Å². The Morgan fingerprint density at radius 1 is 1.42 bits per heavy atom. The third-order valence-corrected chi connectivity index (χ3v) is 1.90. The summed E-state index contributed by atoms with van der Waals surface area (Å²) in [7, 11) is 0. The molecule has 0 aliphatic carbocycles. The molecule has 0 fully saturated rings. The summed E-state index contributed by atoms with van der Waals surface area (Å²) >= 11 is 2.25. The fraction of sp³-hybridized carbons (Fsp3) is 0. The predicted molar refractivity (Wildman–Crippen MR) is 60.6 cm³/mol. The van der Waals surface area contributed by atoms with Gasteiger partial charge in [0.15, 0.2) is 0 Å². The van der Waals surface area contributed by atoms with Crippen LogP contribution in [0.4, 0.5) is 5.69 Å². The average molecular weight is 272 g/mol. The molecule has 0 radical (unpaired) electrons. The lowest BCUT2D eigenvalue weighted by atomic mass is 10.3. The maximum Gasteiger partial charge on any atom is 0.0640 e. The first-order valence-electron chi connectivity index (χ1n) is 3.49. The third-order valence-electron chi connectivity index (χ3n) is 1.23. The minimum absolute atomic E-state index is 0.944. The van der Waals surface area contributed by atoms with Gasteiger partial charge in [-0.25, -0.2) is 0 Å². The summed E-state index contributed by atoms with van der Waals surface area (Å²) in [5.41, 5.74) is 6.09. The first-order chi connectivity index (χ1) is 5.83. The molecule has 0 amide bonds. The van der Waals surface area contributed by atoms with E-state index in [2.05, 4.69) is 27.6 Å². The Kier molecular flexibility index (Phi) is 3.79. The largest absolute Gasteiger partial charge is 0.405 e. The number of nitrogens with two attached hydrogens (primary N) is 1. The Bertz CT molecular complexity index is 305. The highest BCUT2D eigenvalue weighted by atomic mass is 127. The van der Waals surface area contributed by atoms with Gasteiger partial charge in [-0.05, 0) is 53.1 Å². The van der Waals surface area contributed by atoms with Crippen LogP contribution in [0.5, 0.6) is 0 Å². The zero-order valence-corrected chi connectivity index (χ0v) is 8.60. The fourth-order valence-corrected chi connectivity index (χ4v) is 1.26. The van der Waals surface area contributed by atoms with Crippen LogP contribution in [0.25, 0.3) is 0 Å². The molecule has 0 atom stereocenters. The van der Waals surface area contributed by atoms with Gasteiger partial charge in [-0.2, -0.15) is 0 Å². The van der Waals surface area contributed by atoms with Crippen LogP contribution in [-0.4, -0.2) is 6.21 Å². The second kappa shape index (κ2) is 4.92. The number of nitrogens with zero attached hydrogens (tertiary/aromatic N) is 1. The van der Waals surface area contributed by atoms with Gasteiger partial charge in [0.25, 0.3) is 0 Å². The van der Waals surface area contributed by atoms with Crippen LogP contribution in [0.1, 0.15) is 0 Å². The van der Waals surface area contributed by atoms with Crippen LogP contribution in [0, 0.1) is 3.57 Å². The smallest absolute Gasteiger partial charge is 0.0640 e. The second-order valence-corrected chi connectivity index (χ2v) is 3.39. The number of allylic oxidation sites excluding steroid dienone is 1. The molecule has 12 heavy (non-hydrogen) atoms. The van der Waals surface area contributed by atoms with E-state index in [-0.39, 0.29) is 0 Å². The minimum Gasteiger partial charge on any atom is -0.405 e. The second-order valence-electron chi connectivity index (χ2n) is 2.14. The SMILES string of the molecule is NC=CC=Nc1cccc(I)c1. The van der Waals surface area contributed by atoms with Crippen molar-refractivity contribution in [2.75, 3.05) is 0 Å². The Labute approximate surface area is 85.3 Å². The molecule has 0 aromatic heterocycles. The van der Waals surface area contributed by atoms with Gasteiger partial charge in [-0.15, -0.1) is 0 Å². The molecule has 1 aromatic carbocycles. The summed E-state index contributed by atoms with van der Waals surface area (Å²) < 4.78 is 1.18. The van der Waals surface area contributed by atoms with Gasteiger partial charge in [0.1, 0.15) is 0 Å². The summed E-state index contributed by atoms with van der Waals surface area (Å²) in [4.78, 5) is 4.16. The number of halogens is 1. The van der Waals surface area contributed by atoms with Crippen molar-refractivity contribution < 1.29 is 0 Å². The molecule has 1 aromatic rings. The molecule has 1 rings (SSSR count). The summed E-state index contributed by atoms with van der Waals surface area (Å²) in [6, 6.07) is 7.95. The predicted octanol–water partition coefficient (Wildman–Crippen LogP) is 2.47. The molecule has 0 aliphatic heterocycles. The Morgan fingerprint density at radius 3 is 2.92 bits per heavy atom. The quantitative estimate of drug-likeness (QED) is 0.651. The van der Waals surface area contributed by atoms with Gasteiger partial charge in [0, 0.05) is 9.78 Å². The lowest BCUT2D eigenvalue weighted by Crippen LogP contribution is -1.76. The van der Waals surface area contributed by atoms with Gasteiger partial charge in [0.05, 0.1) is 5.69 Å². The number of aliphatic imine (C=N–C) groups is 1. The highest BCUT2D eigenvalue weighted by Gasteiger charge is 1.87. The fourth-order valence-electron chi connectivity index (χ4n) is 0.735. The standard InChI is InChI=1S/C9H9IN2/c10-8-3-1-4-9(7-8)12-6-2-5-11/h1-7H,11H2. The van der Waals surface area contributed by atoms with E-state index in [0.717, 1.165) is 5.69 Å². The Morgan fingerprint density at radius 2 is 2.25 bits per heavy atom. The van der Waals surface area contributed by atoms with Crippen molar-refractivity contribution in [1.82, 2.24) is 0 Å². The molecule has 0 aliphatic rings. The first kappa shape index (κ1) is 9.25. The normalized spacial score (nSPS) is 11.4. The van der Waals surface area contributed by atoms with Crippen LogP contribution < -0.4 is 5.73 Å². The molecule has 2 N–H and O–H groups in total. The van der Waals surface area contributed by atoms with Gasteiger partial charge in [-0.1, -0.05) is 6.07 Å². The van der Waals surface area contributed by atoms with Crippen molar-refractivity contribution >= 4 is 34.5 Å². The summed E-state index contributed by atoms with van der Waals surface area (Å²) in [5.74, 6) is 0. The van der Waals surface area contributed by atoms with Crippen molar-refractivity contribution in [3.63, 3.8) is 0 Å². The molecule has 62 valence electrons. The number of hydrogen-bond acceptors (Lipinski definition) is 2. The zero-order chi connectivity index (χ0) is 8.81. The van der Waals surface area contributed by atoms with Gasteiger partial charge in [-0.3, -0.25) is 4.99 Å². The monoisotopic (exact) mass is 272 g/mol. The van der Waals surface area contributed by atoms with Crippen LogP contribution in [-0.2, 0) is 0 Å². The van der Waals surface area contributed by atoms with Gasteiger partial charge in [0.2, 0.25) is 0 Å². The van der Waals surface area contributed by atoms with Crippen molar-refractivity contribution in [3.05, 3.63) is 40.1 Å². The number of rotatable bonds is 2. The maximum absolute atomic E-state index is 5.15. The van der Waals surface area contributed by atoms with Crippen LogP contribution in [0.3, 0.4) is 0 Å². The number of hydrogen-bond donors (Lipinski definition) is 1. The highest BCUT2D eigenvalue weighted by Crippen LogP contribution is 2.14. The summed E-state index contributed by atoms with van der Waals surface area (Å²) in [5, 5.41) is 0. The van der Waals surface area contributed by atoms with E-state index in [1.807, 2.05) is 24.3 Å². The Hall–Kier alpha value is -0.840. The van der Waals surface area contributed by atoms with Gasteiger partial charge < -0.3 is 5.73 Å². The van der Waals surface area contributed by atoms with Crippen LogP contribution in [0.2, 0.25) is 0 Å². The van der Waals surface area contributed by atoms with E-state index in [1.165, 1.54) is 9.77 Å². The van der Waals surface area contributed by atoms with E-state index < -0.39 is 0 Å². The zero-order valence-electron chi connectivity index (χ0n) is 6.44. The molecule has 3 heteroatoms. The van der Waals surface area contributed by atoms with Crippen molar-refractivity contribution in [1.29, 1.82) is 0 Å². The molecule has 0 bridgehead atoms. The lowest BCUT2D eigenvalue weighted by molar-refractivity contribution is 1.51. The maximum atomic E-state index is 5.15. The van der Waals surface area contributed by atoms with E-state index in [4.69, 9.17) is 5.73 Å². The molecule has 0 heterocycles. The number of benzene rings is 1. The average Bonchev–Trinajstić information content (AvgIpc) is 2.05. The summed E-state index contributed by atoms with van der Waals surface area (Å²) in [6.45, 7) is 0. The van der Waals surface area contributed by atoms with E-state index in [0.29, 0.717) is 0 Å². The van der Waals surface area contributed by atoms with Crippen LogP contribution >= 0.6 is 22.6 Å². The van der Waals surface area contributed by atoms with Crippen molar-refractivity contribution in [2.24, 2.45) is 10.7 Å². The van der Waals surface area contributed by atoms with E-state index in [9.17, 15) is 0 Å². The third kappa shape index (κ3) is 3.04. The first-order valence-corrected chi connectivity index (χ1v) is 4.57. The highest BCUT2D eigenvalue weighted by molar-refractivity contribution is 14.1. The molecule has 0 spiro atoms. The molecule has 0 saturated carbocycles. The minimum atomic E-state index is 0.944. The molecular weight excluding hydrogens is 263 g/mol. The Balaban J connectivity index is 2.76. The summed E-state index contributed by atoms with van der Waals surface area (Å²) in [6.07, 6.45) is 4.82. The topological polar surface area (TPSA) is 38.4 Å².